The predicted octanol–water partition coefficient (Wildman–Crippen LogP) is 1.35. The zero-order valence-electron chi connectivity index (χ0n) is 3.85. The highest BCUT2D eigenvalue weighted by molar-refractivity contribution is 7.79. The second-order valence-electron chi connectivity index (χ2n) is 1.21. The summed E-state index contributed by atoms with van der Waals surface area (Å²) in [6.45, 7) is 2.01. The van der Waals surface area contributed by atoms with Gasteiger partial charge in [0.2, 0.25) is 0 Å². The van der Waals surface area contributed by atoms with Crippen molar-refractivity contribution in [3.8, 4) is 0 Å². The van der Waals surface area contributed by atoms with Crippen molar-refractivity contribution in [1.29, 1.82) is 0 Å². The topological polar surface area (TPSA) is 0 Å². The Balaban J connectivity index is 2.96. The van der Waals surface area contributed by atoms with Gasteiger partial charge >= 0.3 is 0 Å². The first-order valence-corrected chi connectivity index (χ1v) is 2.49. The van der Waals surface area contributed by atoms with E-state index in [0.717, 1.165) is 6.42 Å². The second-order valence-corrected chi connectivity index (χ2v) is 1.48. The molecular weight excluding hydrogens is 90.9 g/mol. The van der Waals surface area contributed by atoms with Crippen LogP contribution in [0.1, 0.15) is 13.3 Å². The molecule has 1 atom stereocenters. The summed E-state index contributed by atoms with van der Waals surface area (Å²) in [4.78, 5) is 0. The minimum absolute atomic E-state index is 0.125. The minimum Gasteiger partial charge on any atom is -0.0940 e. The third-order valence-corrected chi connectivity index (χ3v) is 0.996. The van der Waals surface area contributed by atoms with Gasteiger partial charge in [0.15, 0.2) is 0 Å². The molecule has 0 saturated carbocycles. The van der Waals surface area contributed by atoms with Crippen LogP contribution in [0.15, 0.2) is 0 Å². The van der Waals surface area contributed by atoms with Crippen molar-refractivity contribution in [3.05, 3.63) is 0 Å². The van der Waals surface area contributed by atoms with Crippen LogP contribution >= 0.6 is 12.2 Å². The SMILES string of the molecule is [B]C(C=S)CC. The molecule has 6 heavy (non-hydrogen) atoms. The fourth-order valence-electron chi connectivity index (χ4n) is 0.0962. The quantitative estimate of drug-likeness (QED) is 0.371. The number of hydrogen-bond acceptors (Lipinski definition) is 1. The van der Waals surface area contributed by atoms with Gasteiger partial charge in [0.05, 0.1) is 7.85 Å². The van der Waals surface area contributed by atoms with Crippen LogP contribution in [0, 0.1) is 0 Å². The maximum Gasteiger partial charge on any atom is 0.0766 e. The maximum absolute atomic E-state index is 5.31. The molecule has 0 bridgehead atoms. The molecular formula is C4H7BS. The third-order valence-electron chi connectivity index (χ3n) is 0.646. The van der Waals surface area contributed by atoms with Crippen LogP contribution < -0.4 is 0 Å². The van der Waals surface area contributed by atoms with Crippen molar-refractivity contribution >= 4 is 25.4 Å². The van der Waals surface area contributed by atoms with E-state index in [1.165, 1.54) is 0 Å². The Bertz CT molecular complexity index is 44.8. The van der Waals surface area contributed by atoms with Crippen molar-refractivity contribution in [2.24, 2.45) is 0 Å². The molecule has 0 saturated heterocycles. The summed E-state index contributed by atoms with van der Waals surface area (Å²) in [7, 11) is 5.31. The van der Waals surface area contributed by atoms with E-state index in [1.807, 2.05) is 6.92 Å². The van der Waals surface area contributed by atoms with Crippen molar-refractivity contribution in [2.75, 3.05) is 0 Å². The summed E-state index contributed by atoms with van der Waals surface area (Å²) < 4.78 is 0. The van der Waals surface area contributed by atoms with E-state index in [0.29, 0.717) is 0 Å². The van der Waals surface area contributed by atoms with Gasteiger partial charge in [0, 0.05) is 0 Å². The maximum atomic E-state index is 5.31. The Morgan fingerprint density at radius 3 is 2.50 bits per heavy atom. The smallest absolute Gasteiger partial charge is 0.0766 e. The molecule has 0 aliphatic heterocycles. The van der Waals surface area contributed by atoms with E-state index in [4.69, 9.17) is 7.85 Å². The van der Waals surface area contributed by atoms with Crippen LogP contribution in [0.3, 0.4) is 0 Å². The lowest BCUT2D eigenvalue weighted by Gasteiger charge is -1.92. The van der Waals surface area contributed by atoms with E-state index >= 15 is 0 Å². The molecule has 1 unspecified atom stereocenters. The molecule has 0 spiro atoms. The zero-order valence-corrected chi connectivity index (χ0v) is 4.66. The lowest BCUT2D eigenvalue weighted by atomic mass is 9.87. The van der Waals surface area contributed by atoms with E-state index in [2.05, 4.69) is 12.2 Å². The van der Waals surface area contributed by atoms with E-state index < -0.39 is 0 Å². The number of rotatable bonds is 2. The highest BCUT2D eigenvalue weighted by Crippen LogP contribution is 1.97. The van der Waals surface area contributed by atoms with Gasteiger partial charge in [-0.15, -0.1) is 0 Å². The molecule has 0 amide bonds. The molecule has 32 valence electrons. The zero-order chi connectivity index (χ0) is 4.99. The lowest BCUT2D eigenvalue weighted by molar-refractivity contribution is 1.01. The molecule has 0 N–H and O–H groups in total. The lowest BCUT2D eigenvalue weighted by Crippen LogP contribution is -1.85. The van der Waals surface area contributed by atoms with Crippen molar-refractivity contribution in [2.45, 2.75) is 19.2 Å². The fourth-order valence-corrected chi connectivity index (χ4v) is 0.289. The molecule has 0 heterocycles. The molecule has 0 aliphatic carbocycles. The van der Waals surface area contributed by atoms with Gasteiger partial charge in [-0.05, 0) is 11.2 Å². The molecule has 0 rings (SSSR count). The van der Waals surface area contributed by atoms with Gasteiger partial charge in [-0.25, -0.2) is 0 Å². The molecule has 0 aromatic carbocycles. The first kappa shape index (κ1) is 6.15. The van der Waals surface area contributed by atoms with Gasteiger partial charge in [-0.1, -0.05) is 25.6 Å². The van der Waals surface area contributed by atoms with E-state index in [1.54, 1.807) is 5.37 Å². The van der Waals surface area contributed by atoms with Crippen LogP contribution in [-0.2, 0) is 0 Å². The number of thiocarbonyl (C=S) groups is 1. The first-order valence-electron chi connectivity index (χ1n) is 2.02. The summed E-state index contributed by atoms with van der Waals surface area (Å²) in [5.41, 5.74) is 0. The van der Waals surface area contributed by atoms with Gasteiger partial charge in [0.25, 0.3) is 0 Å². The second kappa shape index (κ2) is 3.35. The third kappa shape index (κ3) is 2.40. The van der Waals surface area contributed by atoms with Crippen molar-refractivity contribution in [3.63, 3.8) is 0 Å². The molecule has 0 aliphatic rings. The molecule has 2 radical (unpaired) electrons. The highest BCUT2D eigenvalue weighted by atomic mass is 32.1. The van der Waals surface area contributed by atoms with Crippen molar-refractivity contribution < 1.29 is 0 Å². The minimum atomic E-state index is 0.125. The van der Waals surface area contributed by atoms with Gasteiger partial charge in [-0.3, -0.25) is 0 Å². The number of hydrogen-bond donors (Lipinski definition) is 0. The largest absolute Gasteiger partial charge is 0.0940 e. The van der Waals surface area contributed by atoms with E-state index in [9.17, 15) is 0 Å². The van der Waals surface area contributed by atoms with Crippen LogP contribution in [0.2, 0.25) is 5.82 Å². The normalized spacial score (nSPS) is 13.5. The van der Waals surface area contributed by atoms with Gasteiger partial charge in [0.1, 0.15) is 0 Å². The van der Waals surface area contributed by atoms with Crippen LogP contribution in [-0.4, -0.2) is 13.2 Å². The van der Waals surface area contributed by atoms with Gasteiger partial charge in [-0.2, -0.15) is 0 Å². The summed E-state index contributed by atoms with van der Waals surface area (Å²) in [5.74, 6) is 0.125. The highest BCUT2D eigenvalue weighted by Gasteiger charge is 1.85. The summed E-state index contributed by atoms with van der Waals surface area (Å²) in [5, 5.41) is 1.58. The standard InChI is InChI=1S/C4H7BS/c1-2-4(5)3-6/h3-4H,2H2,1H3. The molecule has 0 fully saturated rings. The van der Waals surface area contributed by atoms with Gasteiger partial charge < -0.3 is 0 Å². The predicted molar refractivity (Wildman–Crippen MR) is 33.4 cm³/mol. The summed E-state index contributed by atoms with van der Waals surface area (Å²) >= 11 is 4.52. The summed E-state index contributed by atoms with van der Waals surface area (Å²) in [6, 6.07) is 0. The Morgan fingerprint density at radius 2 is 2.50 bits per heavy atom. The Labute approximate surface area is 45.3 Å². The average molecular weight is 98.0 g/mol. The fraction of sp³-hybridized carbons (Fsp3) is 0.750. The average Bonchev–Trinajstić information content (AvgIpc) is 1.65. The van der Waals surface area contributed by atoms with E-state index in [-0.39, 0.29) is 5.82 Å². The Hall–Kier alpha value is 0.155. The first-order chi connectivity index (χ1) is 2.81. The monoisotopic (exact) mass is 98.0 g/mol. The van der Waals surface area contributed by atoms with Crippen molar-refractivity contribution in [1.82, 2.24) is 0 Å². The molecule has 2 heteroatoms. The molecule has 0 aromatic rings. The Kier molecular flexibility index (Phi) is 3.44. The molecule has 0 nitrogen and oxygen atoms in total. The Morgan fingerprint density at radius 1 is 2.00 bits per heavy atom. The molecule has 0 aromatic heterocycles. The van der Waals surface area contributed by atoms with Crippen LogP contribution in [0.4, 0.5) is 0 Å². The summed E-state index contributed by atoms with van der Waals surface area (Å²) in [6.07, 6.45) is 0.948. The van der Waals surface area contributed by atoms with Crippen LogP contribution in [0.5, 0.6) is 0 Å². The van der Waals surface area contributed by atoms with Crippen LogP contribution in [0.25, 0.3) is 0 Å².